The highest BCUT2D eigenvalue weighted by Crippen LogP contribution is 2.46. The van der Waals surface area contributed by atoms with E-state index in [2.05, 4.69) is 61.4 Å². The van der Waals surface area contributed by atoms with Gasteiger partial charge >= 0.3 is 0 Å². The summed E-state index contributed by atoms with van der Waals surface area (Å²) >= 11 is 0. The van der Waals surface area contributed by atoms with Crippen molar-refractivity contribution in [1.82, 2.24) is 4.90 Å². The van der Waals surface area contributed by atoms with Gasteiger partial charge in [0.15, 0.2) is 0 Å². The van der Waals surface area contributed by atoms with E-state index in [9.17, 15) is 5.11 Å². The summed E-state index contributed by atoms with van der Waals surface area (Å²) in [5.74, 6) is 0.341. The maximum Gasteiger partial charge on any atom is 0.123 e. The molecular formula is C23H25NO. The molecule has 0 aromatic heterocycles. The monoisotopic (exact) mass is 331 g/mol. The Morgan fingerprint density at radius 3 is 2.52 bits per heavy atom. The maximum atomic E-state index is 10.3. The van der Waals surface area contributed by atoms with Gasteiger partial charge in [0.1, 0.15) is 5.75 Å². The van der Waals surface area contributed by atoms with Crippen LogP contribution < -0.4 is 0 Å². The number of nitrogens with zero attached hydrogens (tertiary/aromatic N) is 1. The van der Waals surface area contributed by atoms with Gasteiger partial charge in [0, 0.05) is 22.9 Å². The molecule has 0 saturated carbocycles. The van der Waals surface area contributed by atoms with Crippen molar-refractivity contribution in [3.63, 3.8) is 0 Å². The second-order valence-corrected chi connectivity index (χ2v) is 7.12. The van der Waals surface area contributed by atoms with Gasteiger partial charge in [-0.2, -0.15) is 0 Å². The first-order chi connectivity index (χ1) is 12.2. The van der Waals surface area contributed by atoms with Crippen molar-refractivity contribution < 1.29 is 5.11 Å². The van der Waals surface area contributed by atoms with Crippen molar-refractivity contribution in [2.45, 2.75) is 44.7 Å². The molecule has 1 unspecified atom stereocenters. The Morgan fingerprint density at radius 1 is 1.04 bits per heavy atom. The summed E-state index contributed by atoms with van der Waals surface area (Å²) in [5, 5.41) is 10.3. The third-order valence-electron chi connectivity index (χ3n) is 6.01. The molecule has 0 fully saturated rings. The number of fused-ring (bicyclic) bond motifs is 3. The molecule has 25 heavy (non-hydrogen) atoms. The molecule has 4 rings (SSSR count). The minimum atomic E-state index is 0.124. The van der Waals surface area contributed by atoms with Crippen LogP contribution in [-0.2, 0) is 6.42 Å². The molecule has 1 N–H and O–H groups in total. The van der Waals surface area contributed by atoms with Crippen LogP contribution in [0.25, 0.3) is 5.57 Å². The fourth-order valence-corrected chi connectivity index (χ4v) is 4.42. The number of phenolic OH excluding ortho intramolecular Hbond substituents is 1. The first-order valence-corrected chi connectivity index (χ1v) is 9.23. The van der Waals surface area contributed by atoms with E-state index in [4.69, 9.17) is 0 Å². The van der Waals surface area contributed by atoms with Crippen LogP contribution >= 0.6 is 0 Å². The van der Waals surface area contributed by atoms with Gasteiger partial charge in [-0.25, -0.2) is 0 Å². The van der Waals surface area contributed by atoms with Crippen LogP contribution in [0.5, 0.6) is 5.75 Å². The van der Waals surface area contributed by atoms with E-state index in [1.165, 1.54) is 11.1 Å². The zero-order chi connectivity index (χ0) is 17.4. The fourth-order valence-electron chi connectivity index (χ4n) is 4.42. The number of allylic oxidation sites excluding steroid dienone is 2. The van der Waals surface area contributed by atoms with Crippen molar-refractivity contribution in [2.24, 2.45) is 0 Å². The van der Waals surface area contributed by atoms with Crippen molar-refractivity contribution in [3.8, 4) is 5.75 Å². The number of benzene rings is 2. The van der Waals surface area contributed by atoms with Crippen molar-refractivity contribution in [1.29, 1.82) is 0 Å². The Bertz CT molecular complexity index is 845. The molecule has 0 saturated heterocycles. The van der Waals surface area contributed by atoms with Gasteiger partial charge in [-0.05, 0) is 36.5 Å². The standard InChI is InChI=1S/C23H25NO/c1-3-23(4-2)15-17-9-5-6-10-19(17)21-14-13-18(16-24(21)23)20-11-7-8-12-22(20)25/h5-14,16,21,25H,3-4,15H2,1-2H3. The predicted molar refractivity (Wildman–Crippen MR) is 103 cm³/mol. The SMILES string of the molecule is CCC1(CC)Cc2ccccc2C2C=CC(c3ccccc3O)=CN21. The van der Waals surface area contributed by atoms with E-state index < -0.39 is 0 Å². The second-order valence-electron chi connectivity index (χ2n) is 7.12. The Labute approximate surface area is 150 Å². The zero-order valence-corrected chi connectivity index (χ0v) is 14.9. The molecule has 2 aliphatic heterocycles. The van der Waals surface area contributed by atoms with Gasteiger partial charge in [0.2, 0.25) is 0 Å². The summed E-state index contributed by atoms with van der Waals surface area (Å²) in [7, 11) is 0. The van der Waals surface area contributed by atoms with Crippen LogP contribution in [0.2, 0.25) is 0 Å². The smallest absolute Gasteiger partial charge is 0.123 e. The largest absolute Gasteiger partial charge is 0.507 e. The number of phenols is 1. The molecule has 0 radical (unpaired) electrons. The van der Waals surface area contributed by atoms with Gasteiger partial charge in [-0.15, -0.1) is 0 Å². The van der Waals surface area contributed by atoms with Gasteiger partial charge in [-0.1, -0.05) is 68.5 Å². The first kappa shape index (κ1) is 16.0. The van der Waals surface area contributed by atoms with E-state index >= 15 is 0 Å². The van der Waals surface area contributed by atoms with Gasteiger partial charge in [0.25, 0.3) is 0 Å². The first-order valence-electron chi connectivity index (χ1n) is 9.23. The summed E-state index contributed by atoms with van der Waals surface area (Å²) < 4.78 is 0. The van der Waals surface area contributed by atoms with E-state index in [1.54, 1.807) is 6.07 Å². The Kier molecular flexibility index (Phi) is 3.91. The highest BCUT2D eigenvalue weighted by Gasteiger charge is 2.42. The maximum absolute atomic E-state index is 10.3. The van der Waals surface area contributed by atoms with Crippen molar-refractivity contribution in [3.05, 3.63) is 83.6 Å². The molecule has 0 spiro atoms. The lowest BCUT2D eigenvalue weighted by Crippen LogP contribution is -2.51. The van der Waals surface area contributed by atoms with E-state index in [1.807, 2.05) is 18.2 Å². The molecule has 0 bridgehead atoms. The second kappa shape index (κ2) is 6.11. The van der Waals surface area contributed by atoms with Crippen LogP contribution in [0.1, 0.15) is 49.4 Å². The molecule has 2 heteroatoms. The molecule has 2 aliphatic rings. The molecule has 0 aliphatic carbocycles. The van der Waals surface area contributed by atoms with Crippen LogP contribution in [-0.4, -0.2) is 15.5 Å². The summed E-state index contributed by atoms with van der Waals surface area (Å²) in [6.45, 7) is 4.58. The van der Waals surface area contributed by atoms with Gasteiger partial charge in [0.05, 0.1) is 6.04 Å². The lowest BCUT2D eigenvalue weighted by Gasteiger charge is -2.52. The normalized spacial score (nSPS) is 20.6. The fraction of sp³-hybridized carbons (Fsp3) is 0.304. The predicted octanol–water partition coefficient (Wildman–Crippen LogP) is 5.46. The molecule has 2 aromatic carbocycles. The number of rotatable bonds is 3. The van der Waals surface area contributed by atoms with Crippen LogP contribution in [0.3, 0.4) is 0 Å². The summed E-state index contributed by atoms with van der Waals surface area (Å²) in [6.07, 6.45) is 10.0. The number of hydrogen-bond donors (Lipinski definition) is 1. The molecule has 128 valence electrons. The number of hydrogen-bond acceptors (Lipinski definition) is 2. The van der Waals surface area contributed by atoms with E-state index in [0.717, 1.165) is 30.4 Å². The zero-order valence-electron chi connectivity index (χ0n) is 14.9. The summed E-state index contributed by atoms with van der Waals surface area (Å²) in [5.41, 5.74) is 4.98. The molecule has 1 atom stereocenters. The van der Waals surface area contributed by atoms with Crippen LogP contribution in [0, 0.1) is 0 Å². The van der Waals surface area contributed by atoms with Gasteiger partial charge < -0.3 is 10.0 Å². The minimum Gasteiger partial charge on any atom is -0.507 e. The summed E-state index contributed by atoms with van der Waals surface area (Å²) in [6, 6.07) is 16.7. The average molecular weight is 331 g/mol. The molecule has 2 nitrogen and oxygen atoms in total. The quantitative estimate of drug-likeness (QED) is 0.807. The molecular weight excluding hydrogens is 306 g/mol. The van der Waals surface area contributed by atoms with E-state index in [0.29, 0.717) is 5.75 Å². The Hall–Kier alpha value is -2.48. The minimum absolute atomic E-state index is 0.124. The lowest BCUT2D eigenvalue weighted by molar-refractivity contribution is 0.0892. The topological polar surface area (TPSA) is 23.5 Å². The van der Waals surface area contributed by atoms with Crippen molar-refractivity contribution in [2.75, 3.05) is 0 Å². The molecule has 2 aromatic rings. The third kappa shape index (κ3) is 2.48. The highest BCUT2D eigenvalue weighted by molar-refractivity contribution is 5.78. The highest BCUT2D eigenvalue weighted by atomic mass is 16.3. The third-order valence-corrected chi connectivity index (χ3v) is 6.01. The number of para-hydroxylation sites is 1. The molecule has 0 amide bonds. The van der Waals surface area contributed by atoms with Crippen LogP contribution in [0.15, 0.2) is 66.9 Å². The van der Waals surface area contributed by atoms with Crippen LogP contribution in [0.4, 0.5) is 0 Å². The number of aromatic hydroxyl groups is 1. The Balaban J connectivity index is 1.84. The van der Waals surface area contributed by atoms with E-state index in [-0.39, 0.29) is 11.6 Å². The molecule has 2 heterocycles. The van der Waals surface area contributed by atoms with Crippen molar-refractivity contribution >= 4 is 5.57 Å². The summed E-state index contributed by atoms with van der Waals surface area (Å²) in [4.78, 5) is 2.54. The average Bonchev–Trinajstić information content (AvgIpc) is 2.67. The Morgan fingerprint density at radius 2 is 1.76 bits per heavy atom. The van der Waals surface area contributed by atoms with Gasteiger partial charge in [-0.3, -0.25) is 0 Å². The lowest BCUT2D eigenvalue weighted by atomic mass is 9.75.